The largest absolute Gasteiger partial charge is 0.497 e. The van der Waals surface area contributed by atoms with Crippen LogP contribution in [0.2, 0.25) is 0 Å². The van der Waals surface area contributed by atoms with Crippen molar-refractivity contribution in [3.05, 3.63) is 48.5 Å². The van der Waals surface area contributed by atoms with Crippen LogP contribution in [0.1, 0.15) is 13.3 Å². The summed E-state index contributed by atoms with van der Waals surface area (Å²) in [6.45, 7) is 1.76. The van der Waals surface area contributed by atoms with Crippen LogP contribution in [0.25, 0.3) is 0 Å². The second kappa shape index (κ2) is 8.77. The minimum Gasteiger partial charge on any atom is -0.497 e. The Morgan fingerprint density at radius 3 is 2.22 bits per heavy atom. The van der Waals surface area contributed by atoms with E-state index in [1.165, 1.54) is 14.2 Å². The fourth-order valence-electron chi connectivity index (χ4n) is 2.73. The van der Waals surface area contributed by atoms with Gasteiger partial charge < -0.3 is 14.8 Å². The van der Waals surface area contributed by atoms with Crippen molar-refractivity contribution in [2.24, 2.45) is 0 Å². The zero-order valence-corrected chi connectivity index (χ0v) is 16.6. The first-order valence-corrected chi connectivity index (χ1v) is 10.2. The molecule has 0 aliphatic heterocycles. The molecule has 1 atom stereocenters. The first-order valence-electron chi connectivity index (χ1n) is 8.38. The maximum atomic E-state index is 12.9. The molecule has 0 heterocycles. The molecule has 0 saturated heterocycles. The van der Waals surface area contributed by atoms with Gasteiger partial charge in [-0.15, -0.1) is 0 Å². The van der Waals surface area contributed by atoms with Crippen LogP contribution in [-0.2, 0) is 14.8 Å². The van der Waals surface area contributed by atoms with E-state index < -0.39 is 22.0 Å². The van der Waals surface area contributed by atoms with Gasteiger partial charge in [0, 0.05) is 17.8 Å². The third-order valence-electron chi connectivity index (χ3n) is 3.97. The summed E-state index contributed by atoms with van der Waals surface area (Å²) in [5, 5.41) is 2.76. The number of methoxy groups -OCH3 is 2. The fraction of sp³-hybridized carbons (Fsp3) is 0.316. The molecule has 0 fully saturated rings. The van der Waals surface area contributed by atoms with Gasteiger partial charge in [-0.2, -0.15) is 0 Å². The maximum absolute atomic E-state index is 12.9. The van der Waals surface area contributed by atoms with Crippen LogP contribution in [-0.4, -0.2) is 40.8 Å². The van der Waals surface area contributed by atoms with Gasteiger partial charge >= 0.3 is 0 Å². The summed E-state index contributed by atoms with van der Waals surface area (Å²) in [7, 11) is -0.684. The molecule has 0 saturated carbocycles. The molecule has 0 bridgehead atoms. The van der Waals surface area contributed by atoms with Gasteiger partial charge in [0.15, 0.2) is 0 Å². The first kappa shape index (κ1) is 20.6. The van der Waals surface area contributed by atoms with Crippen molar-refractivity contribution in [3.63, 3.8) is 0 Å². The van der Waals surface area contributed by atoms with E-state index in [-0.39, 0.29) is 0 Å². The third-order valence-corrected chi connectivity index (χ3v) is 5.15. The van der Waals surface area contributed by atoms with E-state index in [9.17, 15) is 13.2 Å². The molecule has 2 rings (SSSR count). The Bertz CT molecular complexity index is 898. The van der Waals surface area contributed by atoms with Gasteiger partial charge in [0.1, 0.15) is 17.5 Å². The van der Waals surface area contributed by atoms with Crippen LogP contribution >= 0.6 is 0 Å². The van der Waals surface area contributed by atoms with Crippen molar-refractivity contribution in [2.75, 3.05) is 30.1 Å². The van der Waals surface area contributed by atoms with Crippen molar-refractivity contribution in [1.29, 1.82) is 0 Å². The van der Waals surface area contributed by atoms with E-state index in [0.717, 1.165) is 10.6 Å². The standard InChI is InChI=1S/C19H24N2O5S/c1-5-18(19(22)20-14-8-6-10-16(12-14)25-2)21(27(4,23)24)15-9-7-11-17(13-15)26-3/h6-13,18H,5H2,1-4H3,(H,20,22)/t18-/m0/s1. The van der Waals surface area contributed by atoms with Gasteiger partial charge in [0.2, 0.25) is 15.9 Å². The molecule has 7 nitrogen and oxygen atoms in total. The predicted molar refractivity (Wildman–Crippen MR) is 106 cm³/mol. The van der Waals surface area contributed by atoms with E-state index in [0.29, 0.717) is 29.3 Å². The topological polar surface area (TPSA) is 84.9 Å². The zero-order chi connectivity index (χ0) is 20.0. The number of anilines is 2. The first-order chi connectivity index (χ1) is 12.8. The number of hydrogen-bond donors (Lipinski definition) is 1. The van der Waals surface area contributed by atoms with Crippen molar-refractivity contribution in [1.82, 2.24) is 0 Å². The number of carbonyl (C=O) groups excluding carboxylic acids is 1. The number of sulfonamides is 1. The Kier molecular flexibility index (Phi) is 6.68. The number of ether oxygens (including phenoxy) is 2. The molecule has 1 N–H and O–H groups in total. The molecule has 8 heteroatoms. The van der Waals surface area contributed by atoms with Crippen molar-refractivity contribution >= 4 is 27.3 Å². The van der Waals surface area contributed by atoms with Crippen LogP contribution in [0.15, 0.2) is 48.5 Å². The number of amides is 1. The predicted octanol–water partition coefficient (Wildman–Crippen LogP) is 2.89. The van der Waals surface area contributed by atoms with Crippen molar-refractivity contribution in [2.45, 2.75) is 19.4 Å². The van der Waals surface area contributed by atoms with Crippen LogP contribution in [0.5, 0.6) is 11.5 Å². The summed E-state index contributed by atoms with van der Waals surface area (Å²) >= 11 is 0. The molecule has 0 aromatic heterocycles. The molecule has 1 amide bonds. The second-order valence-electron chi connectivity index (χ2n) is 5.91. The van der Waals surface area contributed by atoms with Crippen molar-refractivity contribution < 1.29 is 22.7 Å². The van der Waals surface area contributed by atoms with Crippen LogP contribution in [0, 0.1) is 0 Å². The summed E-state index contributed by atoms with van der Waals surface area (Å²) in [4.78, 5) is 12.9. The normalized spacial score (nSPS) is 12.1. The Labute approximate surface area is 160 Å². The van der Waals surface area contributed by atoms with E-state index in [4.69, 9.17) is 9.47 Å². The number of benzene rings is 2. The molecule has 146 valence electrons. The third kappa shape index (κ3) is 5.13. The average Bonchev–Trinajstić information content (AvgIpc) is 2.64. The van der Waals surface area contributed by atoms with Gasteiger partial charge in [0.25, 0.3) is 0 Å². The highest BCUT2D eigenvalue weighted by Gasteiger charge is 2.31. The second-order valence-corrected chi connectivity index (χ2v) is 7.76. The molecule has 0 unspecified atom stereocenters. The van der Waals surface area contributed by atoms with E-state index >= 15 is 0 Å². The van der Waals surface area contributed by atoms with Gasteiger partial charge in [-0.05, 0) is 30.7 Å². The monoisotopic (exact) mass is 392 g/mol. The molecule has 2 aromatic carbocycles. The minimum atomic E-state index is -3.71. The molecule has 0 radical (unpaired) electrons. The lowest BCUT2D eigenvalue weighted by atomic mass is 10.1. The highest BCUT2D eigenvalue weighted by atomic mass is 32.2. The molecule has 0 aliphatic rings. The summed E-state index contributed by atoms with van der Waals surface area (Å²) in [5.74, 6) is 0.664. The summed E-state index contributed by atoms with van der Waals surface area (Å²) in [6, 6.07) is 12.6. The number of carbonyl (C=O) groups is 1. The lowest BCUT2D eigenvalue weighted by molar-refractivity contribution is -0.117. The zero-order valence-electron chi connectivity index (χ0n) is 15.8. The van der Waals surface area contributed by atoms with E-state index in [2.05, 4.69) is 5.32 Å². The van der Waals surface area contributed by atoms with E-state index in [1.807, 2.05) is 0 Å². The van der Waals surface area contributed by atoms with Gasteiger partial charge in [-0.25, -0.2) is 8.42 Å². The fourth-order valence-corrected chi connectivity index (χ4v) is 3.94. The van der Waals surface area contributed by atoms with E-state index in [1.54, 1.807) is 55.5 Å². The molecular weight excluding hydrogens is 368 g/mol. The molecule has 0 aliphatic carbocycles. The SMILES string of the molecule is CC[C@@H](C(=O)Nc1cccc(OC)c1)N(c1cccc(OC)c1)S(C)(=O)=O. The summed E-state index contributed by atoms with van der Waals surface area (Å²) < 4.78 is 36.4. The lowest BCUT2D eigenvalue weighted by Gasteiger charge is -2.30. The summed E-state index contributed by atoms with van der Waals surface area (Å²) in [5.41, 5.74) is 0.890. The minimum absolute atomic E-state index is 0.292. The highest BCUT2D eigenvalue weighted by Crippen LogP contribution is 2.27. The van der Waals surface area contributed by atoms with Crippen LogP contribution in [0.4, 0.5) is 11.4 Å². The van der Waals surface area contributed by atoms with Crippen LogP contribution in [0.3, 0.4) is 0 Å². The van der Waals surface area contributed by atoms with Crippen molar-refractivity contribution in [3.8, 4) is 11.5 Å². The molecule has 0 spiro atoms. The highest BCUT2D eigenvalue weighted by molar-refractivity contribution is 7.92. The smallest absolute Gasteiger partial charge is 0.248 e. The van der Waals surface area contributed by atoms with Gasteiger partial charge in [-0.3, -0.25) is 9.10 Å². The average molecular weight is 392 g/mol. The Balaban J connectivity index is 2.38. The lowest BCUT2D eigenvalue weighted by Crippen LogP contribution is -2.47. The summed E-state index contributed by atoms with van der Waals surface area (Å²) in [6.07, 6.45) is 1.37. The van der Waals surface area contributed by atoms with Gasteiger partial charge in [0.05, 0.1) is 26.2 Å². The number of hydrogen-bond acceptors (Lipinski definition) is 5. The number of rotatable bonds is 8. The molecular formula is C19H24N2O5S. The van der Waals surface area contributed by atoms with Gasteiger partial charge in [-0.1, -0.05) is 19.1 Å². The molecule has 27 heavy (non-hydrogen) atoms. The number of nitrogens with zero attached hydrogens (tertiary/aromatic N) is 1. The Morgan fingerprint density at radius 2 is 1.67 bits per heavy atom. The Morgan fingerprint density at radius 1 is 1.07 bits per heavy atom. The maximum Gasteiger partial charge on any atom is 0.248 e. The Hall–Kier alpha value is -2.74. The van der Waals surface area contributed by atoms with Crippen LogP contribution < -0.4 is 19.1 Å². The number of nitrogens with one attached hydrogen (secondary N) is 1. The molecule has 2 aromatic rings. The quantitative estimate of drug-likeness (QED) is 0.747.